The first-order valence-corrected chi connectivity index (χ1v) is 9.35. The summed E-state index contributed by atoms with van der Waals surface area (Å²) in [4.78, 5) is 25.0. The van der Waals surface area contributed by atoms with Crippen LogP contribution in [0.4, 0.5) is 0 Å². The van der Waals surface area contributed by atoms with E-state index in [1.807, 2.05) is 48.5 Å². The van der Waals surface area contributed by atoms with Crippen LogP contribution in [0.3, 0.4) is 0 Å². The average molecular weight is 387 g/mol. The lowest BCUT2D eigenvalue weighted by molar-refractivity contribution is -0.137. The molecular weight excluding hydrogens is 364 g/mol. The first-order valence-electron chi connectivity index (χ1n) is 8.97. The van der Waals surface area contributed by atoms with Crippen molar-refractivity contribution in [3.63, 3.8) is 0 Å². The molecule has 5 nitrogen and oxygen atoms in total. The molecule has 0 radical (unpaired) electrons. The summed E-state index contributed by atoms with van der Waals surface area (Å²) < 4.78 is 5.12. The van der Waals surface area contributed by atoms with E-state index in [9.17, 15) is 9.59 Å². The van der Waals surface area contributed by atoms with Gasteiger partial charge in [-0.1, -0.05) is 35.9 Å². The number of carbonyl (C=O) groups excluding carboxylic acids is 2. The molecule has 0 aliphatic heterocycles. The van der Waals surface area contributed by atoms with E-state index in [0.29, 0.717) is 37.4 Å². The van der Waals surface area contributed by atoms with Crippen LogP contribution in [0.5, 0.6) is 5.75 Å². The highest BCUT2D eigenvalue weighted by molar-refractivity contribution is 6.30. The summed E-state index contributed by atoms with van der Waals surface area (Å²) in [6, 6.07) is 15.0. The molecule has 142 valence electrons. The second kappa shape index (κ2) is 8.44. The van der Waals surface area contributed by atoms with Crippen molar-refractivity contribution in [1.29, 1.82) is 0 Å². The maximum absolute atomic E-state index is 12.5. The van der Waals surface area contributed by atoms with Gasteiger partial charge in [0, 0.05) is 18.1 Å². The lowest BCUT2D eigenvalue weighted by Gasteiger charge is -2.15. The summed E-state index contributed by atoms with van der Waals surface area (Å²) in [7, 11) is 1.61. The van der Waals surface area contributed by atoms with Gasteiger partial charge in [-0.25, -0.2) is 0 Å². The summed E-state index contributed by atoms with van der Waals surface area (Å²) in [5.41, 5.74) is 1.14. The molecule has 0 saturated heterocycles. The van der Waals surface area contributed by atoms with Crippen molar-refractivity contribution in [3.05, 3.63) is 64.7 Å². The van der Waals surface area contributed by atoms with E-state index in [1.54, 1.807) is 7.11 Å². The van der Waals surface area contributed by atoms with Crippen LogP contribution in [0.15, 0.2) is 48.5 Å². The fourth-order valence-electron chi connectivity index (χ4n) is 2.92. The fraction of sp³-hybridized carbons (Fsp3) is 0.333. The van der Waals surface area contributed by atoms with Gasteiger partial charge in [0.2, 0.25) is 11.8 Å². The third-order valence-electron chi connectivity index (χ3n) is 4.84. The molecule has 0 unspecified atom stereocenters. The molecule has 1 fully saturated rings. The van der Waals surface area contributed by atoms with Gasteiger partial charge in [0.15, 0.2) is 0 Å². The Morgan fingerprint density at radius 2 is 1.56 bits per heavy atom. The Bertz CT molecular complexity index is 799. The van der Waals surface area contributed by atoms with Gasteiger partial charge in [-0.15, -0.1) is 0 Å². The van der Waals surface area contributed by atoms with Crippen molar-refractivity contribution in [3.8, 4) is 5.75 Å². The van der Waals surface area contributed by atoms with E-state index >= 15 is 0 Å². The minimum Gasteiger partial charge on any atom is -0.497 e. The van der Waals surface area contributed by atoms with Crippen LogP contribution in [0, 0.1) is 5.41 Å². The number of methoxy groups -OCH3 is 1. The van der Waals surface area contributed by atoms with E-state index in [0.717, 1.165) is 16.9 Å². The molecule has 0 atom stereocenters. The molecule has 1 saturated carbocycles. The molecular formula is C21H23ClN2O3. The topological polar surface area (TPSA) is 67.4 Å². The number of hydrogen-bond donors (Lipinski definition) is 2. The first kappa shape index (κ1) is 19.2. The van der Waals surface area contributed by atoms with Crippen LogP contribution < -0.4 is 15.4 Å². The van der Waals surface area contributed by atoms with Gasteiger partial charge in [0.1, 0.15) is 11.2 Å². The van der Waals surface area contributed by atoms with Gasteiger partial charge >= 0.3 is 0 Å². The Hall–Kier alpha value is -2.53. The standard InChI is InChI=1S/C21H23ClN2O3/c1-27-18-8-4-16(5-9-18)14-24-20(26)21(11-12-21)19(25)23-13-10-15-2-6-17(22)7-3-15/h2-9H,10-14H2,1H3,(H,23,25)(H,24,26). The Balaban J connectivity index is 1.47. The monoisotopic (exact) mass is 386 g/mol. The molecule has 0 bridgehead atoms. The number of benzene rings is 2. The third-order valence-corrected chi connectivity index (χ3v) is 5.10. The van der Waals surface area contributed by atoms with Crippen LogP contribution in [0.1, 0.15) is 24.0 Å². The van der Waals surface area contributed by atoms with Crippen molar-refractivity contribution in [2.45, 2.75) is 25.8 Å². The summed E-state index contributed by atoms with van der Waals surface area (Å²) in [5, 5.41) is 6.46. The Morgan fingerprint density at radius 1 is 0.963 bits per heavy atom. The zero-order valence-corrected chi connectivity index (χ0v) is 16.0. The summed E-state index contributed by atoms with van der Waals surface area (Å²) in [5.74, 6) is 0.370. The van der Waals surface area contributed by atoms with Crippen LogP contribution in [0.25, 0.3) is 0 Å². The SMILES string of the molecule is COc1ccc(CNC(=O)C2(C(=O)NCCc3ccc(Cl)cc3)CC2)cc1. The number of rotatable bonds is 8. The van der Waals surface area contributed by atoms with E-state index < -0.39 is 5.41 Å². The molecule has 6 heteroatoms. The minimum atomic E-state index is -0.910. The van der Waals surface area contributed by atoms with Crippen molar-refractivity contribution in [2.75, 3.05) is 13.7 Å². The lowest BCUT2D eigenvalue weighted by atomic mass is 10.0. The lowest BCUT2D eigenvalue weighted by Crippen LogP contribution is -2.43. The van der Waals surface area contributed by atoms with Crippen LogP contribution in [-0.4, -0.2) is 25.5 Å². The maximum atomic E-state index is 12.5. The van der Waals surface area contributed by atoms with E-state index in [1.165, 1.54) is 0 Å². The molecule has 0 aromatic heterocycles. The average Bonchev–Trinajstić information content (AvgIpc) is 3.50. The highest BCUT2D eigenvalue weighted by Gasteiger charge is 2.56. The first-order chi connectivity index (χ1) is 13.0. The number of ether oxygens (including phenoxy) is 1. The van der Waals surface area contributed by atoms with Crippen LogP contribution >= 0.6 is 11.6 Å². The number of carbonyl (C=O) groups is 2. The smallest absolute Gasteiger partial charge is 0.235 e. The highest BCUT2D eigenvalue weighted by Crippen LogP contribution is 2.46. The molecule has 3 rings (SSSR count). The molecule has 27 heavy (non-hydrogen) atoms. The minimum absolute atomic E-state index is 0.191. The summed E-state index contributed by atoms with van der Waals surface area (Å²) in [6.45, 7) is 0.886. The number of nitrogens with one attached hydrogen (secondary N) is 2. The van der Waals surface area contributed by atoms with Gasteiger partial charge in [0.05, 0.1) is 7.11 Å². The van der Waals surface area contributed by atoms with Crippen molar-refractivity contribution < 1.29 is 14.3 Å². The zero-order chi connectivity index (χ0) is 19.3. The molecule has 2 N–H and O–H groups in total. The van der Waals surface area contributed by atoms with Gasteiger partial charge in [-0.05, 0) is 54.7 Å². The maximum Gasteiger partial charge on any atom is 0.235 e. The molecule has 2 aromatic rings. The second-order valence-electron chi connectivity index (χ2n) is 6.75. The van der Waals surface area contributed by atoms with E-state index in [2.05, 4.69) is 10.6 Å². The quantitative estimate of drug-likeness (QED) is 0.685. The molecule has 2 aromatic carbocycles. The second-order valence-corrected chi connectivity index (χ2v) is 7.18. The number of halogens is 1. The Morgan fingerprint density at radius 3 is 2.15 bits per heavy atom. The number of hydrogen-bond acceptors (Lipinski definition) is 3. The zero-order valence-electron chi connectivity index (χ0n) is 15.3. The molecule has 1 aliphatic carbocycles. The summed E-state index contributed by atoms with van der Waals surface area (Å²) >= 11 is 5.87. The molecule has 0 heterocycles. The van der Waals surface area contributed by atoms with Gasteiger partial charge < -0.3 is 15.4 Å². The van der Waals surface area contributed by atoms with Crippen molar-refractivity contribution in [1.82, 2.24) is 10.6 Å². The van der Waals surface area contributed by atoms with Gasteiger partial charge in [0.25, 0.3) is 0 Å². The van der Waals surface area contributed by atoms with Crippen molar-refractivity contribution >= 4 is 23.4 Å². The molecule has 0 spiro atoms. The van der Waals surface area contributed by atoms with E-state index in [4.69, 9.17) is 16.3 Å². The Labute approximate surface area is 164 Å². The normalized spacial score (nSPS) is 14.3. The van der Waals surface area contributed by atoms with Crippen molar-refractivity contribution in [2.24, 2.45) is 5.41 Å². The fourth-order valence-corrected chi connectivity index (χ4v) is 3.04. The van der Waals surface area contributed by atoms with Gasteiger partial charge in [-0.2, -0.15) is 0 Å². The predicted octanol–water partition coefficient (Wildman–Crippen LogP) is 3.10. The van der Waals surface area contributed by atoms with Gasteiger partial charge in [-0.3, -0.25) is 9.59 Å². The Kier molecular flexibility index (Phi) is 6.01. The largest absolute Gasteiger partial charge is 0.497 e. The van der Waals surface area contributed by atoms with Crippen LogP contribution in [0.2, 0.25) is 5.02 Å². The number of amides is 2. The highest BCUT2D eigenvalue weighted by atomic mass is 35.5. The van der Waals surface area contributed by atoms with E-state index in [-0.39, 0.29) is 11.8 Å². The molecule has 1 aliphatic rings. The third kappa shape index (κ3) is 4.80. The van der Waals surface area contributed by atoms with Crippen LogP contribution in [-0.2, 0) is 22.6 Å². The molecule has 2 amide bonds. The predicted molar refractivity (Wildman–Crippen MR) is 105 cm³/mol. The summed E-state index contributed by atoms with van der Waals surface area (Å²) in [6.07, 6.45) is 1.88.